The minimum atomic E-state index is -3.49. The van der Waals surface area contributed by atoms with Crippen molar-refractivity contribution in [2.24, 2.45) is 5.92 Å². The van der Waals surface area contributed by atoms with E-state index in [1.165, 1.54) is 22.7 Å². The minimum absolute atomic E-state index is 0.120. The van der Waals surface area contributed by atoms with E-state index < -0.39 is 20.2 Å². The van der Waals surface area contributed by atoms with Crippen LogP contribution in [0.3, 0.4) is 0 Å². The fourth-order valence-electron chi connectivity index (χ4n) is 2.69. The molecule has 0 unspecified atom stereocenters. The maximum absolute atomic E-state index is 12.2. The van der Waals surface area contributed by atoms with Crippen molar-refractivity contribution in [3.05, 3.63) is 34.9 Å². The van der Waals surface area contributed by atoms with E-state index in [4.69, 9.17) is 11.6 Å². The molecule has 1 aliphatic heterocycles. The molecule has 1 aliphatic rings. The molecule has 10 heteroatoms. The minimum Gasteiger partial charge on any atom is -0.215 e. The number of hydrogen-bond donors (Lipinski definition) is 1. The predicted molar refractivity (Wildman–Crippen MR) is 99.0 cm³/mol. The van der Waals surface area contributed by atoms with Crippen LogP contribution in [0, 0.1) is 5.92 Å². The van der Waals surface area contributed by atoms with E-state index in [1.807, 2.05) is 0 Å². The third-order valence-corrected chi connectivity index (χ3v) is 7.86. The van der Waals surface area contributed by atoms with Gasteiger partial charge in [-0.3, -0.25) is 0 Å². The van der Waals surface area contributed by atoms with E-state index in [2.05, 4.69) is 4.72 Å². The van der Waals surface area contributed by atoms with Gasteiger partial charge in [0.1, 0.15) is 0 Å². The highest BCUT2D eigenvalue weighted by atomic mass is 35.5. The Morgan fingerprint density at radius 3 is 2.32 bits per heavy atom. The summed E-state index contributed by atoms with van der Waals surface area (Å²) in [4.78, 5) is 0. The second kappa shape index (κ2) is 8.32. The Bertz CT molecular complexity index is 789. The van der Waals surface area contributed by atoms with Crippen LogP contribution in [0.2, 0.25) is 5.02 Å². The Hall–Kier alpha value is -0.710. The van der Waals surface area contributed by atoms with Gasteiger partial charge in [-0.2, -0.15) is 17.0 Å². The number of rotatable bonds is 7. The monoisotopic (exact) mass is 409 g/mol. The molecule has 0 amide bonds. The number of nitrogens with zero attached hydrogens (tertiary/aromatic N) is 2. The first-order valence-electron chi connectivity index (χ1n) is 8.00. The normalized spacial score (nSPS) is 17.9. The predicted octanol–water partition coefficient (Wildman–Crippen LogP) is 1.28. The highest BCUT2D eigenvalue weighted by molar-refractivity contribution is 7.88. The van der Waals surface area contributed by atoms with Crippen LogP contribution < -0.4 is 4.72 Å². The van der Waals surface area contributed by atoms with Gasteiger partial charge < -0.3 is 0 Å². The van der Waals surface area contributed by atoms with Crippen molar-refractivity contribution in [1.82, 2.24) is 13.3 Å². The zero-order chi connectivity index (χ0) is 18.7. The molecule has 1 heterocycles. The average molecular weight is 410 g/mol. The van der Waals surface area contributed by atoms with Crippen LogP contribution in [0.5, 0.6) is 0 Å². The number of nitrogens with one attached hydrogen (secondary N) is 1. The van der Waals surface area contributed by atoms with Crippen molar-refractivity contribution < 1.29 is 16.8 Å². The maximum atomic E-state index is 12.2. The van der Waals surface area contributed by atoms with Crippen molar-refractivity contribution >= 4 is 31.8 Å². The molecule has 1 aromatic rings. The van der Waals surface area contributed by atoms with E-state index in [-0.39, 0.29) is 11.7 Å². The van der Waals surface area contributed by atoms with Gasteiger partial charge in [0.25, 0.3) is 10.2 Å². The highest BCUT2D eigenvalue weighted by Gasteiger charge is 2.29. The van der Waals surface area contributed by atoms with Crippen molar-refractivity contribution in [3.63, 3.8) is 0 Å². The van der Waals surface area contributed by atoms with Gasteiger partial charge in [-0.15, -0.1) is 0 Å². The van der Waals surface area contributed by atoms with Gasteiger partial charge in [0.2, 0.25) is 10.0 Å². The lowest BCUT2D eigenvalue weighted by molar-refractivity contribution is 0.263. The van der Waals surface area contributed by atoms with Gasteiger partial charge in [-0.25, -0.2) is 13.1 Å². The lowest BCUT2D eigenvalue weighted by atomic mass is 9.99. The lowest BCUT2D eigenvalue weighted by Crippen LogP contribution is -2.45. The van der Waals surface area contributed by atoms with E-state index in [0.29, 0.717) is 43.1 Å². The quantitative estimate of drug-likeness (QED) is 0.734. The van der Waals surface area contributed by atoms with Crippen molar-refractivity contribution in [3.8, 4) is 0 Å². The number of hydrogen-bond acceptors (Lipinski definition) is 4. The molecule has 0 radical (unpaired) electrons. The van der Waals surface area contributed by atoms with Gasteiger partial charge in [0.05, 0.1) is 5.75 Å². The van der Waals surface area contributed by atoms with Gasteiger partial charge >= 0.3 is 0 Å². The average Bonchev–Trinajstić information content (AvgIpc) is 2.55. The molecule has 2 rings (SSSR count). The summed E-state index contributed by atoms with van der Waals surface area (Å²) in [5.41, 5.74) is 0.559. The Morgan fingerprint density at radius 2 is 1.76 bits per heavy atom. The molecular weight excluding hydrogens is 386 g/mol. The summed E-state index contributed by atoms with van der Waals surface area (Å²) in [6.45, 7) is 1.11. The molecule has 1 saturated heterocycles. The molecule has 1 aromatic carbocycles. The summed E-state index contributed by atoms with van der Waals surface area (Å²) >= 11 is 6.00. The van der Waals surface area contributed by atoms with Gasteiger partial charge in [-0.05, 0) is 30.4 Å². The first-order chi connectivity index (χ1) is 11.6. The zero-order valence-corrected chi connectivity index (χ0v) is 16.7. The molecule has 0 aromatic heterocycles. The summed E-state index contributed by atoms with van der Waals surface area (Å²) in [5, 5.41) is 0.426. The van der Waals surface area contributed by atoms with Crippen LogP contribution in [0.25, 0.3) is 0 Å². The zero-order valence-electron chi connectivity index (χ0n) is 14.4. The number of halogens is 1. The van der Waals surface area contributed by atoms with Crippen LogP contribution in [0.15, 0.2) is 24.3 Å². The Balaban J connectivity index is 1.85. The van der Waals surface area contributed by atoms with Gasteiger partial charge in [0.15, 0.2) is 0 Å². The summed E-state index contributed by atoms with van der Waals surface area (Å²) in [6.07, 6.45) is 1.25. The Morgan fingerprint density at radius 1 is 1.16 bits per heavy atom. The third-order valence-electron chi connectivity index (χ3n) is 4.26. The van der Waals surface area contributed by atoms with Crippen molar-refractivity contribution in [2.45, 2.75) is 18.6 Å². The summed E-state index contributed by atoms with van der Waals surface area (Å²) in [5.74, 6) is -0.0461. The first-order valence-corrected chi connectivity index (χ1v) is 11.4. The smallest absolute Gasteiger partial charge is 0.215 e. The van der Waals surface area contributed by atoms with Crippen LogP contribution >= 0.6 is 11.6 Å². The van der Waals surface area contributed by atoms with E-state index in [9.17, 15) is 16.8 Å². The maximum Gasteiger partial charge on any atom is 0.281 e. The van der Waals surface area contributed by atoms with Crippen molar-refractivity contribution in [1.29, 1.82) is 0 Å². The number of sulfonamides is 1. The van der Waals surface area contributed by atoms with E-state index in [0.717, 1.165) is 0 Å². The third kappa shape index (κ3) is 5.63. The highest BCUT2D eigenvalue weighted by Crippen LogP contribution is 2.21. The second-order valence-corrected chi connectivity index (χ2v) is 10.7. The Kier molecular flexibility index (Phi) is 6.86. The van der Waals surface area contributed by atoms with Crippen molar-refractivity contribution in [2.75, 3.05) is 33.7 Å². The fraction of sp³-hybridized carbons (Fsp3) is 0.600. The largest absolute Gasteiger partial charge is 0.281 e. The Labute approximate surface area is 155 Å². The molecule has 0 spiro atoms. The molecule has 1 N–H and O–H groups in total. The summed E-state index contributed by atoms with van der Waals surface area (Å²) in [6, 6.07) is 6.85. The molecular formula is C15H24ClN3O4S2. The topological polar surface area (TPSA) is 86.8 Å². The molecule has 25 heavy (non-hydrogen) atoms. The van der Waals surface area contributed by atoms with Gasteiger partial charge in [0, 0.05) is 38.8 Å². The van der Waals surface area contributed by atoms with E-state index >= 15 is 0 Å². The summed E-state index contributed by atoms with van der Waals surface area (Å²) in [7, 11) is -3.88. The molecule has 0 atom stereocenters. The molecule has 0 bridgehead atoms. The van der Waals surface area contributed by atoms with Crippen LogP contribution in [-0.4, -0.2) is 59.2 Å². The molecule has 142 valence electrons. The molecule has 7 nitrogen and oxygen atoms in total. The first kappa shape index (κ1) is 20.6. The SMILES string of the molecule is CN(C)S(=O)(=O)N1CCC(CNS(=O)(=O)Cc2ccccc2Cl)CC1. The molecule has 1 fully saturated rings. The summed E-state index contributed by atoms with van der Waals surface area (Å²) < 4.78 is 53.8. The second-order valence-electron chi connectivity index (χ2n) is 6.33. The van der Waals surface area contributed by atoms with E-state index in [1.54, 1.807) is 24.3 Å². The number of piperidine rings is 1. The van der Waals surface area contributed by atoms with Crippen LogP contribution in [0.1, 0.15) is 18.4 Å². The molecule has 0 aliphatic carbocycles. The van der Waals surface area contributed by atoms with Crippen LogP contribution in [-0.2, 0) is 26.0 Å². The molecule has 0 saturated carbocycles. The standard InChI is InChI=1S/C15H24ClN3O4S2/c1-18(2)25(22,23)19-9-7-13(8-10-19)11-17-24(20,21)12-14-5-3-4-6-15(14)16/h3-6,13,17H,7-12H2,1-2H3. The lowest BCUT2D eigenvalue weighted by Gasteiger charge is -2.32. The van der Waals surface area contributed by atoms with Crippen LogP contribution in [0.4, 0.5) is 0 Å². The fourth-order valence-corrected chi connectivity index (χ4v) is 5.36. The van der Waals surface area contributed by atoms with Gasteiger partial charge in [-0.1, -0.05) is 29.8 Å². The number of benzene rings is 1.